The van der Waals surface area contributed by atoms with E-state index in [-0.39, 0.29) is 11.9 Å². The molecule has 1 aromatic rings. The number of nitrogens with one attached hydrogen (secondary N) is 1. The third kappa shape index (κ3) is 6.72. The minimum absolute atomic E-state index is 0.114. The normalized spacial score (nSPS) is 19.9. The van der Waals surface area contributed by atoms with Gasteiger partial charge < -0.3 is 15.1 Å². The molecular formula is C27H40N6O3. The molecule has 3 heterocycles. The minimum atomic E-state index is -0.851. The van der Waals surface area contributed by atoms with Crippen LogP contribution in [0.15, 0.2) is 42.8 Å². The molecule has 0 aliphatic carbocycles. The van der Waals surface area contributed by atoms with Crippen molar-refractivity contribution in [2.75, 3.05) is 32.0 Å². The van der Waals surface area contributed by atoms with Crippen LogP contribution in [0.1, 0.15) is 65.6 Å². The van der Waals surface area contributed by atoms with E-state index in [4.69, 9.17) is 9.82 Å². The second-order valence-electron chi connectivity index (χ2n) is 9.99. The van der Waals surface area contributed by atoms with Crippen molar-refractivity contribution >= 4 is 23.4 Å². The smallest absolute Gasteiger partial charge is 0.351 e. The topological polar surface area (TPSA) is 90.9 Å². The second kappa shape index (κ2) is 12.2. The molecule has 2 aliphatic rings. The van der Waals surface area contributed by atoms with Crippen LogP contribution in [0.25, 0.3) is 5.70 Å². The molecular weight excluding hydrogens is 456 g/mol. The van der Waals surface area contributed by atoms with Crippen LogP contribution in [0.4, 0.5) is 5.82 Å². The number of allylic oxidation sites excluding steroid dienone is 3. The first-order valence-corrected chi connectivity index (χ1v) is 12.7. The molecule has 0 saturated carbocycles. The number of nitrogens with zero attached hydrogens (tertiary/aromatic N) is 5. The molecule has 1 amide bonds. The molecule has 0 bridgehead atoms. The maximum absolute atomic E-state index is 12.9. The number of hydrogen-bond acceptors (Lipinski definition) is 8. The summed E-state index contributed by atoms with van der Waals surface area (Å²) < 4.78 is 0. The Balaban J connectivity index is 1.66. The molecule has 9 nitrogen and oxygen atoms in total. The third-order valence-corrected chi connectivity index (χ3v) is 6.71. The first-order valence-electron chi connectivity index (χ1n) is 12.7. The van der Waals surface area contributed by atoms with Crippen LogP contribution in [0, 0.1) is 0 Å². The van der Waals surface area contributed by atoms with Crippen LogP contribution in [0.3, 0.4) is 0 Å². The summed E-state index contributed by atoms with van der Waals surface area (Å²) in [4.78, 5) is 43.7. The summed E-state index contributed by atoms with van der Waals surface area (Å²) in [7, 11) is 1.99. The van der Waals surface area contributed by atoms with Crippen molar-refractivity contribution in [3.63, 3.8) is 0 Å². The standard InChI is InChI=1S/C27H40N6O3/c1-7-11-20(3)18-31(6)22(8-2)25-28-15-14-23(30-25)29-21-12-9-16-32(19-21)27(4,5)26(35)36-33-17-10-13-24(33)34/h7-8,14-15,18,21H,1,9-13,16-17,19H2,2-6H3,(H,28,29,30). The molecule has 9 heteroatoms. The number of likely N-dealkylation sites (tertiary alicyclic amines) is 1. The van der Waals surface area contributed by atoms with E-state index in [9.17, 15) is 9.59 Å². The van der Waals surface area contributed by atoms with Crippen LogP contribution >= 0.6 is 0 Å². The molecule has 0 radical (unpaired) electrons. The molecule has 0 spiro atoms. The monoisotopic (exact) mass is 496 g/mol. The number of hydrogen-bond donors (Lipinski definition) is 1. The number of anilines is 1. The molecule has 36 heavy (non-hydrogen) atoms. The van der Waals surface area contributed by atoms with Crippen molar-refractivity contribution in [2.45, 2.75) is 71.4 Å². The number of rotatable bonds is 10. The van der Waals surface area contributed by atoms with Gasteiger partial charge in [-0.1, -0.05) is 17.7 Å². The summed E-state index contributed by atoms with van der Waals surface area (Å²) in [5.74, 6) is 0.853. The van der Waals surface area contributed by atoms with E-state index in [1.807, 2.05) is 50.9 Å². The van der Waals surface area contributed by atoms with Crippen LogP contribution in [0.5, 0.6) is 0 Å². The fraction of sp³-hybridized carbons (Fsp3) is 0.556. The van der Waals surface area contributed by atoms with Gasteiger partial charge in [-0.05, 0) is 66.0 Å². The highest BCUT2D eigenvalue weighted by molar-refractivity contribution is 5.83. The van der Waals surface area contributed by atoms with Gasteiger partial charge in [0.05, 0.1) is 12.2 Å². The molecule has 196 valence electrons. The zero-order chi connectivity index (χ0) is 26.3. The summed E-state index contributed by atoms with van der Waals surface area (Å²) in [5, 5.41) is 4.74. The molecule has 1 aromatic heterocycles. The van der Waals surface area contributed by atoms with Gasteiger partial charge in [0.1, 0.15) is 11.4 Å². The van der Waals surface area contributed by atoms with Crippen molar-refractivity contribution < 1.29 is 14.4 Å². The lowest BCUT2D eigenvalue weighted by Crippen LogP contribution is -2.57. The highest BCUT2D eigenvalue weighted by Gasteiger charge is 2.41. The predicted octanol–water partition coefficient (Wildman–Crippen LogP) is 3.98. The van der Waals surface area contributed by atoms with Crippen molar-refractivity contribution in [3.05, 3.63) is 48.6 Å². The Labute approximate surface area is 214 Å². The maximum atomic E-state index is 12.9. The van der Waals surface area contributed by atoms with E-state index < -0.39 is 11.5 Å². The van der Waals surface area contributed by atoms with E-state index in [0.29, 0.717) is 25.3 Å². The Morgan fingerprint density at radius 3 is 2.81 bits per heavy atom. The summed E-state index contributed by atoms with van der Waals surface area (Å²) in [5.41, 5.74) is 1.25. The van der Waals surface area contributed by atoms with Crippen LogP contribution in [-0.4, -0.2) is 75.0 Å². The Bertz CT molecular complexity index is 1020. The third-order valence-electron chi connectivity index (χ3n) is 6.71. The maximum Gasteiger partial charge on any atom is 0.351 e. The van der Waals surface area contributed by atoms with Crippen molar-refractivity contribution in [3.8, 4) is 0 Å². The molecule has 1 atom stereocenters. The fourth-order valence-electron chi connectivity index (χ4n) is 4.61. The van der Waals surface area contributed by atoms with E-state index in [2.05, 4.69) is 34.9 Å². The number of hydroxylamine groups is 2. The Kier molecular flexibility index (Phi) is 9.25. The quantitative estimate of drug-likeness (QED) is 0.487. The highest BCUT2D eigenvalue weighted by Crippen LogP contribution is 2.25. The lowest BCUT2D eigenvalue weighted by molar-refractivity contribution is -0.202. The van der Waals surface area contributed by atoms with Crippen molar-refractivity contribution in [1.29, 1.82) is 0 Å². The second-order valence-corrected chi connectivity index (χ2v) is 9.99. The van der Waals surface area contributed by atoms with Gasteiger partial charge in [-0.3, -0.25) is 9.69 Å². The molecule has 1 N–H and O–H groups in total. The fourth-order valence-corrected chi connectivity index (χ4v) is 4.61. The van der Waals surface area contributed by atoms with Gasteiger partial charge in [0, 0.05) is 38.5 Å². The minimum Gasteiger partial charge on any atom is -0.366 e. The average Bonchev–Trinajstić information content (AvgIpc) is 3.24. The van der Waals surface area contributed by atoms with Gasteiger partial charge in [-0.15, -0.1) is 6.58 Å². The van der Waals surface area contributed by atoms with Crippen LogP contribution in [0.2, 0.25) is 0 Å². The Hall–Kier alpha value is -3.20. The lowest BCUT2D eigenvalue weighted by atomic mass is 9.96. The van der Waals surface area contributed by atoms with E-state index in [1.165, 1.54) is 10.6 Å². The van der Waals surface area contributed by atoms with Gasteiger partial charge in [0.15, 0.2) is 5.82 Å². The first kappa shape index (κ1) is 27.4. The van der Waals surface area contributed by atoms with Crippen LogP contribution in [-0.2, 0) is 14.4 Å². The first-order chi connectivity index (χ1) is 17.1. The van der Waals surface area contributed by atoms with Crippen LogP contribution < -0.4 is 5.32 Å². The van der Waals surface area contributed by atoms with E-state index in [0.717, 1.165) is 43.7 Å². The largest absolute Gasteiger partial charge is 0.366 e. The van der Waals surface area contributed by atoms with Crippen molar-refractivity contribution in [1.82, 2.24) is 24.8 Å². The highest BCUT2D eigenvalue weighted by atomic mass is 16.7. The van der Waals surface area contributed by atoms with Gasteiger partial charge in [-0.25, -0.2) is 14.8 Å². The van der Waals surface area contributed by atoms with Gasteiger partial charge in [0.2, 0.25) is 0 Å². The number of amides is 1. The van der Waals surface area contributed by atoms with Gasteiger partial charge in [-0.2, -0.15) is 5.06 Å². The predicted molar refractivity (Wildman–Crippen MR) is 141 cm³/mol. The van der Waals surface area contributed by atoms with E-state index in [1.54, 1.807) is 6.20 Å². The van der Waals surface area contributed by atoms with Gasteiger partial charge in [0.25, 0.3) is 5.91 Å². The van der Waals surface area contributed by atoms with Crippen molar-refractivity contribution in [2.24, 2.45) is 0 Å². The number of carbonyl (C=O) groups excluding carboxylic acids is 2. The number of carbonyl (C=O) groups is 2. The Morgan fingerprint density at radius 2 is 2.14 bits per heavy atom. The summed E-state index contributed by atoms with van der Waals surface area (Å²) in [6, 6.07) is 1.98. The number of piperidine rings is 1. The molecule has 3 rings (SSSR count). The summed E-state index contributed by atoms with van der Waals surface area (Å²) in [6.07, 6.45) is 11.6. The average molecular weight is 497 g/mol. The molecule has 2 aliphatic heterocycles. The zero-order valence-electron chi connectivity index (χ0n) is 22.3. The SMILES string of the molecule is C=CCC(C)=CN(C)C(=CC)c1nccc(NC2CCCN(C(C)(C)C(=O)ON3CCCC3=O)C2)n1. The zero-order valence-corrected chi connectivity index (χ0v) is 22.3. The molecule has 2 saturated heterocycles. The van der Waals surface area contributed by atoms with E-state index >= 15 is 0 Å². The molecule has 2 fully saturated rings. The van der Waals surface area contributed by atoms with Gasteiger partial charge >= 0.3 is 5.97 Å². The number of aromatic nitrogens is 2. The summed E-state index contributed by atoms with van der Waals surface area (Å²) >= 11 is 0. The lowest BCUT2D eigenvalue weighted by Gasteiger charge is -2.42. The molecule has 0 aromatic carbocycles. The Morgan fingerprint density at radius 1 is 1.36 bits per heavy atom. The molecule has 1 unspecified atom stereocenters. The summed E-state index contributed by atoms with van der Waals surface area (Å²) in [6.45, 7) is 13.5.